The molecule has 0 spiro atoms. The number of ether oxygens (including phenoxy) is 2. The summed E-state index contributed by atoms with van der Waals surface area (Å²) < 4.78 is 10.9. The van der Waals surface area contributed by atoms with E-state index in [-0.39, 0.29) is 0 Å². The van der Waals surface area contributed by atoms with Gasteiger partial charge in [0.2, 0.25) is 0 Å². The summed E-state index contributed by atoms with van der Waals surface area (Å²) in [6.45, 7) is 10.9. The van der Waals surface area contributed by atoms with Crippen LogP contribution in [0.3, 0.4) is 0 Å². The third-order valence-corrected chi connectivity index (χ3v) is 5.32. The van der Waals surface area contributed by atoms with Gasteiger partial charge in [0.25, 0.3) is 0 Å². The molecule has 0 saturated carbocycles. The molecule has 0 rings (SSSR count). The van der Waals surface area contributed by atoms with E-state index in [4.69, 9.17) is 9.47 Å². The lowest BCUT2D eigenvalue weighted by atomic mass is 9.82. The van der Waals surface area contributed by atoms with E-state index >= 15 is 0 Å². The van der Waals surface area contributed by atoms with Gasteiger partial charge in [0, 0.05) is 0 Å². The van der Waals surface area contributed by atoms with Crippen molar-refractivity contribution in [3.63, 3.8) is 0 Å². The second-order valence-electron chi connectivity index (χ2n) is 6.97. The van der Waals surface area contributed by atoms with Gasteiger partial charge in [-0.2, -0.15) is 0 Å². The smallest absolute Gasteiger partial charge is 0.323 e. The average molecular weight is 357 g/mol. The molecule has 148 valence electrons. The minimum absolute atomic E-state index is 0.356. The van der Waals surface area contributed by atoms with Crippen molar-refractivity contribution < 1.29 is 19.1 Å². The van der Waals surface area contributed by atoms with Crippen molar-refractivity contribution in [1.29, 1.82) is 0 Å². The predicted octanol–water partition coefficient (Wildman–Crippen LogP) is 5.68. The molecule has 0 saturated heterocycles. The average Bonchev–Trinajstić information content (AvgIpc) is 2.63. The van der Waals surface area contributed by atoms with E-state index in [1.165, 1.54) is 25.7 Å². The molecule has 0 unspecified atom stereocenters. The van der Waals surface area contributed by atoms with Gasteiger partial charge in [-0.15, -0.1) is 0 Å². The molecule has 0 bridgehead atoms. The van der Waals surface area contributed by atoms with Crippen LogP contribution >= 0.6 is 0 Å². The molecular weight excluding hydrogens is 316 g/mol. The molecule has 4 nitrogen and oxygen atoms in total. The first-order chi connectivity index (χ1) is 12.0. The molecule has 0 aromatic heterocycles. The number of carbonyl (C=O) groups is 2. The van der Waals surface area contributed by atoms with E-state index in [9.17, 15) is 9.59 Å². The zero-order chi connectivity index (χ0) is 19.1. The maximum Gasteiger partial charge on any atom is 0.323 e. The Balaban J connectivity index is 4.46. The van der Waals surface area contributed by atoms with Gasteiger partial charge in [-0.1, -0.05) is 79.6 Å². The van der Waals surface area contributed by atoms with E-state index in [1.54, 1.807) is 0 Å². The Bertz CT molecular complexity index is 357. The van der Waals surface area contributed by atoms with Gasteiger partial charge < -0.3 is 9.47 Å². The fraction of sp³-hybridized carbons (Fsp3) is 0.905. The van der Waals surface area contributed by atoms with Crippen molar-refractivity contribution in [2.45, 2.75) is 98.8 Å². The molecule has 0 aromatic rings. The molecule has 0 aliphatic rings. The van der Waals surface area contributed by atoms with Gasteiger partial charge in [0.05, 0.1) is 13.2 Å². The van der Waals surface area contributed by atoms with Crippen LogP contribution in [0.5, 0.6) is 0 Å². The second-order valence-corrected chi connectivity index (χ2v) is 6.97. The molecule has 0 N–H and O–H groups in total. The number of carbonyl (C=O) groups excluding carboxylic acids is 2. The first kappa shape index (κ1) is 23.9. The first-order valence-corrected chi connectivity index (χ1v) is 10.4. The van der Waals surface area contributed by atoms with Crippen molar-refractivity contribution in [3.8, 4) is 0 Å². The van der Waals surface area contributed by atoms with Crippen LogP contribution in [0.2, 0.25) is 0 Å². The van der Waals surface area contributed by atoms with E-state index in [0.29, 0.717) is 32.0 Å². The fourth-order valence-electron chi connectivity index (χ4n) is 2.95. The number of hydrogen-bond donors (Lipinski definition) is 0. The Labute approximate surface area is 155 Å². The minimum Gasteiger partial charge on any atom is -0.465 e. The number of rotatable bonds is 15. The number of esters is 2. The summed E-state index contributed by atoms with van der Waals surface area (Å²) in [6.07, 6.45) is 9.60. The highest BCUT2D eigenvalue weighted by Gasteiger charge is 2.46. The SMILES string of the molecule is CCCCCCCCOC(=O)C(CC)(CC)C(=O)OCC(CC)CC. The van der Waals surface area contributed by atoms with Crippen LogP contribution in [0.4, 0.5) is 0 Å². The zero-order valence-corrected chi connectivity index (χ0v) is 17.2. The summed E-state index contributed by atoms with van der Waals surface area (Å²) in [5.74, 6) is -0.479. The Kier molecular flexibility index (Phi) is 13.5. The maximum atomic E-state index is 12.6. The minimum atomic E-state index is -1.14. The summed E-state index contributed by atoms with van der Waals surface area (Å²) in [7, 11) is 0. The second kappa shape index (κ2) is 14.1. The lowest BCUT2D eigenvalue weighted by molar-refractivity contribution is -0.174. The topological polar surface area (TPSA) is 52.6 Å². The zero-order valence-electron chi connectivity index (χ0n) is 17.2. The summed E-state index contributed by atoms with van der Waals surface area (Å²) in [5.41, 5.74) is -1.14. The highest BCUT2D eigenvalue weighted by Crippen LogP contribution is 2.30. The standard InChI is InChI=1S/C21H40O4/c1-6-11-12-13-14-15-16-24-19(22)21(9-4,10-5)20(23)25-17-18(7-2)8-3/h18H,6-17H2,1-5H3. The van der Waals surface area contributed by atoms with Crippen molar-refractivity contribution in [1.82, 2.24) is 0 Å². The van der Waals surface area contributed by atoms with E-state index < -0.39 is 17.4 Å². The molecule has 0 heterocycles. The van der Waals surface area contributed by atoms with Gasteiger partial charge in [-0.3, -0.25) is 9.59 Å². The summed E-state index contributed by atoms with van der Waals surface area (Å²) in [4.78, 5) is 25.2. The third-order valence-electron chi connectivity index (χ3n) is 5.32. The summed E-state index contributed by atoms with van der Waals surface area (Å²) in [5, 5.41) is 0. The van der Waals surface area contributed by atoms with Crippen LogP contribution in [0.25, 0.3) is 0 Å². The quantitative estimate of drug-likeness (QED) is 0.215. The lowest BCUT2D eigenvalue weighted by Crippen LogP contribution is -2.41. The molecular formula is C21H40O4. The van der Waals surface area contributed by atoms with Crippen molar-refractivity contribution in [3.05, 3.63) is 0 Å². The largest absolute Gasteiger partial charge is 0.465 e. The van der Waals surface area contributed by atoms with Gasteiger partial charge >= 0.3 is 11.9 Å². The summed E-state index contributed by atoms with van der Waals surface area (Å²) >= 11 is 0. The van der Waals surface area contributed by atoms with Crippen molar-refractivity contribution >= 4 is 11.9 Å². The van der Waals surface area contributed by atoms with Gasteiger partial charge in [-0.25, -0.2) is 0 Å². The molecule has 0 fully saturated rings. The Morgan fingerprint density at radius 1 is 0.760 bits per heavy atom. The number of hydrogen-bond acceptors (Lipinski definition) is 4. The van der Waals surface area contributed by atoms with Crippen LogP contribution in [0.15, 0.2) is 0 Å². The van der Waals surface area contributed by atoms with Crippen LogP contribution in [-0.4, -0.2) is 25.2 Å². The van der Waals surface area contributed by atoms with Crippen LogP contribution in [0, 0.1) is 11.3 Å². The van der Waals surface area contributed by atoms with Crippen molar-refractivity contribution in [2.75, 3.05) is 13.2 Å². The summed E-state index contributed by atoms with van der Waals surface area (Å²) in [6, 6.07) is 0. The normalized spacial score (nSPS) is 11.6. The van der Waals surface area contributed by atoms with E-state index in [0.717, 1.165) is 25.7 Å². The molecule has 0 atom stereocenters. The van der Waals surface area contributed by atoms with Crippen LogP contribution in [-0.2, 0) is 19.1 Å². The first-order valence-electron chi connectivity index (χ1n) is 10.4. The maximum absolute atomic E-state index is 12.6. The predicted molar refractivity (Wildman–Crippen MR) is 102 cm³/mol. The van der Waals surface area contributed by atoms with E-state index in [2.05, 4.69) is 20.8 Å². The Hall–Kier alpha value is -1.06. The molecule has 0 amide bonds. The van der Waals surface area contributed by atoms with Gasteiger partial charge in [0.15, 0.2) is 5.41 Å². The molecule has 0 aliphatic heterocycles. The fourth-order valence-corrected chi connectivity index (χ4v) is 2.95. The lowest BCUT2D eigenvalue weighted by Gasteiger charge is -2.27. The number of unbranched alkanes of at least 4 members (excludes halogenated alkanes) is 5. The van der Waals surface area contributed by atoms with Gasteiger partial charge in [0.1, 0.15) is 0 Å². The molecule has 0 aliphatic carbocycles. The Morgan fingerprint density at radius 2 is 1.28 bits per heavy atom. The molecule has 4 heteroatoms. The monoisotopic (exact) mass is 356 g/mol. The molecule has 0 aromatic carbocycles. The van der Waals surface area contributed by atoms with E-state index in [1.807, 2.05) is 13.8 Å². The highest BCUT2D eigenvalue weighted by molar-refractivity contribution is 5.99. The molecule has 25 heavy (non-hydrogen) atoms. The highest BCUT2D eigenvalue weighted by atomic mass is 16.6. The van der Waals surface area contributed by atoms with Gasteiger partial charge in [-0.05, 0) is 25.2 Å². The Morgan fingerprint density at radius 3 is 1.80 bits per heavy atom. The van der Waals surface area contributed by atoms with Crippen LogP contribution < -0.4 is 0 Å². The van der Waals surface area contributed by atoms with Crippen molar-refractivity contribution in [2.24, 2.45) is 11.3 Å². The van der Waals surface area contributed by atoms with Crippen LogP contribution in [0.1, 0.15) is 98.8 Å². The third kappa shape index (κ3) is 8.24. The molecule has 0 radical (unpaired) electrons.